The van der Waals surface area contributed by atoms with Gasteiger partial charge in [-0.2, -0.15) is 5.10 Å². The molecular formula is C31H26F5N5O3. The van der Waals surface area contributed by atoms with E-state index in [1.54, 1.807) is 12.1 Å². The lowest BCUT2D eigenvalue weighted by atomic mass is 9.94. The lowest BCUT2D eigenvalue weighted by Crippen LogP contribution is -2.34. The number of halogens is 5. The number of rotatable bonds is 9. The van der Waals surface area contributed by atoms with E-state index in [9.17, 15) is 36.6 Å². The molecule has 228 valence electrons. The molecule has 2 aliphatic carbocycles. The van der Waals surface area contributed by atoms with Gasteiger partial charge in [0.15, 0.2) is 0 Å². The molecule has 44 heavy (non-hydrogen) atoms. The quantitative estimate of drug-likeness (QED) is 0.233. The predicted molar refractivity (Wildman–Crippen MR) is 147 cm³/mol. The number of amides is 2. The van der Waals surface area contributed by atoms with Gasteiger partial charge >= 0.3 is 0 Å². The molecule has 2 heterocycles. The molecule has 1 fully saturated rings. The number of nitrogens with zero attached hydrogens (tertiary/aromatic N) is 3. The number of hydrogen-bond acceptors (Lipinski definition) is 5. The monoisotopic (exact) mass is 611 g/mol. The highest BCUT2D eigenvalue weighted by Crippen LogP contribution is 2.63. The lowest BCUT2D eigenvalue weighted by Gasteiger charge is -2.22. The van der Waals surface area contributed by atoms with Crippen LogP contribution in [0.1, 0.15) is 69.5 Å². The average molecular weight is 612 g/mol. The second-order valence-corrected chi connectivity index (χ2v) is 10.9. The van der Waals surface area contributed by atoms with Crippen LogP contribution in [0.5, 0.6) is 0 Å². The van der Waals surface area contributed by atoms with E-state index >= 15 is 0 Å². The summed E-state index contributed by atoms with van der Waals surface area (Å²) in [6.45, 7) is -0.621. The number of carbonyl (C=O) groups is 2. The highest BCUT2D eigenvalue weighted by Gasteiger charge is 2.56. The molecule has 0 radical (unpaired) electrons. The van der Waals surface area contributed by atoms with Crippen molar-refractivity contribution >= 4 is 11.8 Å². The Hall–Kier alpha value is -4.65. The first-order valence-electron chi connectivity index (χ1n) is 13.8. The van der Waals surface area contributed by atoms with Gasteiger partial charge in [0, 0.05) is 30.4 Å². The van der Waals surface area contributed by atoms with Crippen LogP contribution in [0.15, 0.2) is 54.7 Å². The van der Waals surface area contributed by atoms with Gasteiger partial charge in [-0.25, -0.2) is 22.0 Å². The Labute approximate surface area is 247 Å². The Morgan fingerprint density at radius 1 is 1.09 bits per heavy atom. The number of benzene rings is 2. The molecule has 0 bridgehead atoms. The fraction of sp³-hybridized carbons (Fsp3) is 0.290. The van der Waals surface area contributed by atoms with E-state index in [4.69, 9.17) is 0 Å². The maximum Gasteiger partial charge on any atom is 0.280 e. The molecule has 2 aromatic carbocycles. The zero-order valence-electron chi connectivity index (χ0n) is 23.2. The first kappa shape index (κ1) is 29.4. The topological polar surface area (TPSA) is 109 Å². The van der Waals surface area contributed by atoms with Gasteiger partial charge in [-0.3, -0.25) is 19.3 Å². The molecule has 2 amide bonds. The van der Waals surface area contributed by atoms with Gasteiger partial charge in [-0.1, -0.05) is 12.1 Å². The first-order chi connectivity index (χ1) is 21.0. The molecule has 4 aromatic rings. The molecule has 0 saturated heterocycles. The molecule has 4 atom stereocenters. The minimum atomic E-state index is -2.94. The number of hydrogen-bond donors (Lipinski definition) is 3. The molecule has 3 N–H and O–H groups in total. The van der Waals surface area contributed by atoms with Crippen LogP contribution in [-0.4, -0.2) is 38.7 Å². The van der Waals surface area contributed by atoms with Crippen molar-refractivity contribution in [2.45, 2.75) is 43.9 Å². The summed E-state index contributed by atoms with van der Waals surface area (Å²) < 4.78 is 71.9. The molecule has 6 rings (SSSR count). The van der Waals surface area contributed by atoms with Crippen LogP contribution in [0.3, 0.4) is 0 Å². The Morgan fingerprint density at radius 3 is 2.55 bits per heavy atom. The van der Waals surface area contributed by atoms with Crippen LogP contribution in [-0.2, 0) is 17.8 Å². The van der Waals surface area contributed by atoms with Gasteiger partial charge in [-0.05, 0) is 66.1 Å². The number of carbonyl (C=O) groups excluding carboxylic acids is 2. The number of aromatic nitrogens is 3. The summed E-state index contributed by atoms with van der Waals surface area (Å²) in [5.74, 6) is -4.22. The Kier molecular flexibility index (Phi) is 7.66. The van der Waals surface area contributed by atoms with Crippen molar-refractivity contribution in [2.75, 3.05) is 7.05 Å². The maximum atomic E-state index is 14.4. The summed E-state index contributed by atoms with van der Waals surface area (Å²) in [6, 6.07) is 8.86. The van der Waals surface area contributed by atoms with Crippen molar-refractivity contribution in [1.29, 1.82) is 0 Å². The van der Waals surface area contributed by atoms with Crippen molar-refractivity contribution in [2.24, 2.45) is 5.92 Å². The molecule has 8 nitrogen and oxygen atoms in total. The highest BCUT2D eigenvalue weighted by molar-refractivity contribution is 5.95. The summed E-state index contributed by atoms with van der Waals surface area (Å²) in [6.07, 6.45) is -2.07. The number of aliphatic hydroxyl groups is 1. The van der Waals surface area contributed by atoms with Gasteiger partial charge in [0.1, 0.15) is 35.8 Å². The van der Waals surface area contributed by atoms with E-state index in [1.807, 2.05) is 0 Å². The molecule has 0 aliphatic heterocycles. The predicted octanol–water partition coefficient (Wildman–Crippen LogP) is 4.91. The first-order valence-corrected chi connectivity index (χ1v) is 13.8. The van der Waals surface area contributed by atoms with E-state index in [0.717, 1.165) is 22.9 Å². The van der Waals surface area contributed by atoms with E-state index in [-0.39, 0.29) is 46.3 Å². The van der Waals surface area contributed by atoms with Gasteiger partial charge in [0.2, 0.25) is 5.91 Å². The van der Waals surface area contributed by atoms with E-state index in [2.05, 4.69) is 20.7 Å². The number of pyridine rings is 1. The van der Waals surface area contributed by atoms with Crippen LogP contribution >= 0.6 is 0 Å². The summed E-state index contributed by atoms with van der Waals surface area (Å²) in [7, 11) is 1.35. The molecule has 13 heteroatoms. The van der Waals surface area contributed by atoms with Crippen LogP contribution in [0.25, 0.3) is 11.1 Å². The summed E-state index contributed by atoms with van der Waals surface area (Å²) in [5, 5.41) is 19.7. The molecular weight excluding hydrogens is 585 g/mol. The summed E-state index contributed by atoms with van der Waals surface area (Å²) >= 11 is 0. The third kappa shape index (κ3) is 5.43. The molecule has 2 aromatic heterocycles. The van der Waals surface area contributed by atoms with Gasteiger partial charge in [0.25, 0.3) is 12.3 Å². The van der Waals surface area contributed by atoms with Crippen LogP contribution in [0.2, 0.25) is 0 Å². The molecule has 2 aliphatic rings. The Morgan fingerprint density at radius 2 is 1.84 bits per heavy atom. The second kappa shape index (κ2) is 11.5. The van der Waals surface area contributed by atoms with E-state index < -0.39 is 60.1 Å². The Bertz CT molecular complexity index is 1760. The van der Waals surface area contributed by atoms with Crippen LogP contribution in [0, 0.1) is 23.4 Å². The second-order valence-electron chi connectivity index (χ2n) is 10.9. The van der Waals surface area contributed by atoms with Crippen molar-refractivity contribution in [1.82, 2.24) is 25.4 Å². The van der Waals surface area contributed by atoms with Crippen molar-refractivity contribution in [3.63, 3.8) is 0 Å². The summed E-state index contributed by atoms with van der Waals surface area (Å²) in [4.78, 5) is 30.1. The highest BCUT2D eigenvalue weighted by atomic mass is 19.3. The fourth-order valence-electron chi connectivity index (χ4n) is 6.05. The maximum absolute atomic E-state index is 14.4. The molecule has 3 unspecified atom stereocenters. The standard InChI is InChI=1S/C31H26F5N5O3/c1-37-31(44)21-10-15(4-5-22(21)34)18-3-2-6-38-26(18)23(9-14-7-16(32)11-17(33)8-14)39-24(42)13-41-28(30(35)36)25-19-12-20(19)29(43)27(25)40-41/h2-8,10-11,19-20,23,29-30,43H,9,12-13H2,1H3,(H,37,44)(H,39,42)/t19?,20?,23-,29?/m0/s1. The van der Waals surface area contributed by atoms with E-state index in [0.29, 0.717) is 23.6 Å². The number of nitrogens with one attached hydrogen (secondary N) is 2. The van der Waals surface area contributed by atoms with Crippen LogP contribution < -0.4 is 10.6 Å². The zero-order chi connectivity index (χ0) is 31.3. The molecule has 0 spiro atoms. The van der Waals surface area contributed by atoms with Crippen LogP contribution in [0.4, 0.5) is 22.0 Å². The van der Waals surface area contributed by atoms with Crippen molar-refractivity contribution in [3.05, 3.63) is 106 Å². The van der Waals surface area contributed by atoms with Gasteiger partial charge < -0.3 is 15.7 Å². The van der Waals surface area contributed by atoms with Gasteiger partial charge in [-0.15, -0.1) is 0 Å². The number of alkyl halides is 2. The lowest BCUT2D eigenvalue weighted by molar-refractivity contribution is -0.122. The average Bonchev–Trinajstić information content (AvgIpc) is 3.61. The van der Waals surface area contributed by atoms with E-state index in [1.165, 1.54) is 25.4 Å². The van der Waals surface area contributed by atoms with Crippen molar-refractivity contribution < 1.29 is 36.6 Å². The largest absolute Gasteiger partial charge is 0.386 e. The van der Waals surface area contributed by atoms with Gasteiger partial charge in [0.05, 0.1) is 23.0 Å². The smallest absolute Gasteiger partial charge is 0.280 e. The van der Waals surface area contributed by atoms with Crippen molar-refractivity contribution in [3.8, 4) is 11.1 Å². The Balaban J connectivity index is 1.36. The minimum Gasteiger partial charge on any atom is -0.386 e. The molecule has 1 saturated carbocycles. The normalized spacial score (nSPS) is 19.0. The zero-order valence-corrected chi connectivity index (χ0v) is 23.2. The third-order valence-electron chi connectivity index (χ3n) is 8.07. The fourth-order valence-corrected chi connectivity index (χ4v) is 6.05. The SMILES string of the molecule is CNC(=O)c1cc(-c2cccnc2[C@H](Cc2cc(F)cc(F)c2)NC(=O)Cn2nc3c(c2C(F)F)C2CC2C3O)ccc1F. The minimum absolute atomic E-state index is 0.137. The third-order valence-corrected chi connectivity index (χ3v) is 8.07. The summed E-state index contributed by atoms with van der Waals surface area (Å²) in [5.41, 5.74) is 0.914. The number of aliphatic hydroxyl groups excluding tert-OH is 1. The number of fused-ring (bicyclic) bond motifs is 3.